The molecule has 2 fully saturated rings. The Morgan fingerprint density at radius 3 is 2.73 bits per heavy atom. The lowest BCUT2D eigenvalue weighted by atomic mass is 9.79. The van der Waals surface area contributed by atoms with Gasteiger partial charge >= 0.3 is 0 Å². The third kappa shape index (κ3) is 2.89. The number of aromatic nitrogens is 1. The van der Waals surface area contributed by atoms with Crippen molar-refractivity contribution >= 4 is 15.7 Å². The van der Waals surface area contributed by atoms with Gasteiger partial charge in [0, 0.05) is 24.7 Å². The number of hydrogen-bond acceptors (Lipinski definition) is 4. The summed E-state index contributed by atoms with van der Waals surface area (Å²) in [6, 6.07) is 1.96. The van der Waals surface area contributed by atoms with E-state index in [0.717, 1.165) is 24.0 Å². The van der Waals surface area contributed by atoms with Gasteiger partial charge in [-0.15, -0.1) is 0 Å². The highest BCUT2D eigenvalue weighted by atomic mass is 32.2. The number of carbonyl (C=O) groups excluding carboxylic acids is 1. The summed E-state index contributed by atoms with van der Waals surface area (Å²) in [5, 5.41) is 0. The minimum absolute atomic E-state index is 0.0686. The van der Waals surface area contributed by atoms with Crippen LogP contribution in [0.1, 0.15) is 40.9 Å². The highest BCUT2D eigenvalue weighted by molar-refractivity contribution is 7.91. The van der Waals surface area contributed by atoms with Crippen LogP contribution >= 0.6 is 0 Å². The topological polar surface area (TPSA) is 67.3 Å². The van der Waals surface area contributed by atoms with Crippen LogP contribution < -0.4 is 0 Å². The maximum atomic E-state index is 12.7. The first-order valence-corrected chi connectivity index (χ1v) is 9.55. The quantitative estimate of drug-likeness (QED) is 0.790. The van der Waals surface area contributed by atoms with E-state index < -0.39 is 9.84 Å². The van der Waals surface area contributed by atoms with E-state index in [2.05, 4.69) is 4.98 Å². The number of pyridine rings is 1. The summed E-state index contributed by atoms with van der Waals surface area (Å²) in [5.74, 6) is 0.418. The van der Waals surface area contributed by atoms with Crippen molar-refractivity contribution in [2.24, 2.45) is 5.41 Å². The van der Waals surface area contributed by atoms with Crippen molar-refractivity contribution in [1.29, 1.82) is 0 Å². The molecule has 2 saturated heterocycles. The second kappa shape index (κ2) is 5.33. The number of sulfone groups is 1. The molecule has 1 atom stereocenters. The van der Waals surface area contributed by atoms with Crippen molar-refractivity contribution in [2.45, 2.75) is 33.1 Å². The molecule has 3 heterocycles. The Balaban J connectivity index is 1.82. The Bertz CT molecular complexity index is 714. The van der Waals surface area contributed by atoms with Gasteiger partial charge in [0.1, 0.15) is 5.69 Å². The maximum absolute atomic E-state index is 12.7. The SMILES string of the molecule is Cc1cnc(C(=O)N2CCCC3(CCS(=O)(=O)C3)C2)c(C)c1. The fraction of sp³-hybridized carbons (Fsp3) is 0.625. The first-order chi connectivity index (χ1) is 10.3. The zero-order valence-corrected chi connectivity index (χ0v) is 13.9. The number of aryl methyl sites for hydroxylation is 2. The normalized spacial score (nSPS) is 27.3. The van der Waals surface area contributed by atoms with Gasteiger partial charge in [-0.1, -0.05) is 6.07 Å². The zero-order valence-electron chi connectivity index (χ0n) is 13.1. The van der Waals surface area contributed by atoms with Gasteiger partial charge in [-0.25, -0.2) is 8.42 Å². The number of hydrogen-bond donors (Lipinski definition) is 0. The number of piperidine rings is 1. The van der Waals surface area contributed by atoms with Crippen LogP contribution in [0.5, 0.6) is 0 Å². The number of carbonyl (C=O) groups is 1. The molecule has 1 aromatic rings. The molecular weight excluding hydrogens is 300 g/mol. The van der Waals surface area contributed by atoms with E-state index >= 15 is 0 Å². The number of nitrogens with zero attached hydrogens (tertiary/aromatic N) is 2. The van der Waals surface area contributed by atoms with E-state index in [4.69, 9.17) is 0 Å². The summed E-state index contributed by atoms with van der Waals surface area (Å²) in [5.41, 5.74) is 2.17. The van der Waals surface area contributed by atoms with E-state index in [1.807, 2.05) is 19.9 Å². The lowest BCUT2D eigenvalue weighted by Gasteiger charge is -2.39. The maximum Gasteiger partial charge on any atom is 0.272 e. The van der Waals surface area contributed by atoms with Gasteiger partial charge in [0.25, 0.3) is 5.91 Å². The highest BCUT2D eigenvalue weighted by Gasteiger charge is 2.45. The summed E-state index contributed by atoms with van der Waals surface area (Å²) >= 11 is 0. The third-order valence-corrected chi connectivity index (χ3v) is 6.71. The summed E-state index contributed by atoms with van der Waals surface area (Å²) in [7, 11) is -2.94. The van der Waals surface area contributed by atoms with Gasteiger partial charge < -0.3 is 4.90 Å². The fourth-order valence-corrected chi connectivity index (χ4v) is 5.98. The van der Waals surface area contributed by atoms with Crippen LogP contribution in [-0.4, -0.2) is 48.8 Å². The minimum Gasteiger partial charge on any atom is -0.337 e. The van der Waals surface area contributed by atoms with E-state index in [1.165, 1.54) is 0 Å². The average Bonchev–Trinajstić information content (AvgIpc) is 2.73. The van der Waals surface area contributed by atoms with Gasteiger partial charge in [-0.05, 0) is 44.2 Å². The first kappa shape index (κ1) is 15.5. The number of amides is 1. The second-order valence-corrected chi connectivity index (χ2v) is 9.03. The summed E-state index contributed by atoms with van der Waals surface area (Å²) < 4.78 is 23.7. The van der Waals surface area contributed by atoms with E-state index in [0.29, 0.717) is 25.2 Å². The predicted molar refractivity (Wildman–Crippen MR) is 84.6 cm³/mol. The van der Waals surface area contributed by atoms with Crippen molar-refractivity contribution in [2.75, 3.05) is 24.6 Å². The van der Waals surface area contributed by atoms with Gasteiger partial charge in [0.2, 0.25) is 0 Å². The summed E-state index contributed by atoms with van der Waals surface area (Å²) in [6.45, 7) is 5.08. The molecule has 0 saturated carbocycles. The number of likely N-dealkylation sites (tertiary alicyclic amines) is 1. The molecule has 120 valence electrons. The van der Waals surface area contributed by atoms with Crippen LogP contribution in [0.3, 0.4) is 0 Å². The van der Waals surface area contributed by atoms with E-state index in [-0.39, 0.29) is 22.8 Å². The Morgan fingerprint density at radius 2 is 2.09 bits per heavy atom. The molecule has 0 radical (unpaired) electrons. The molecule has 22 heavy (non-hydrogen) atoms. The molecule has 1 spiro atoms. The van der Waals surface area contributed by atoms with Gasteiger partial charge in [0.05, 0.1) is 11.5 Å². The fourth-order valence-electron chi connectivity index (χ4n) is 3.77. The van der Waals surface area contributed by atoms with Gasteiger partial charge in [0.15, 0.2) is 9.84 Å². The molecule has 2 aliphatic rings. The van der Waals surface area contributed by atoms with Crippen LogP contribution in [0.15, 0.2) is 12.3 Å². The van der Waals surface area contributed by atoms with Crippen LogP contribution in [0.2, 0.25) is 0 Å². The molecule has 3 rings (SSSR count). The standard InChI is InChI=1S/C16H22N2O3S/c1-12-8-13(2)14(17-9-12)15(19)18-6-3-4-16(10-18)5-7-22(20,21)11-16/h8-9H,3-7,10-11H2,1-2H3. The highest BCUT2D eigenvalue weighted by Crippen LogP contribution is 2.40. The zero-order chi connectivity index (χ0) is 16.0. The molecule has 6 heteroatoms. The van der Waals surface area contributed by atoms with Crippen molar-refractivity contribution in [3.63, 3.8) is 0 Å². The monoisotopic (exact) mass is 322 g/mol. The Kier molecular flexibility index (Phi) is 3.75. The molecule has 2 aliphatic heterocycles. The predicted octanol–water partition coefficient (Wildman–Crippen LogP) is 1.74. The molecule has 0 bridgehead atoms. The van der Waals surface area contributed by atoms with Crippen molar-refractivity contribution in [3.8, 4) is 0 Å². The van der Waals surface area contributed by atoms with Crippen LogP contribution in [0, 0.1) is 19.3 Å². The lowest BCUT2D eigenvalue weighted by Crippen LogP contribution is -2.47. The van der Waals surface area contributed by atoms with E-state index in [1.54, 1.807) is 11.1 Å². The third-order valence-electron chi connectivity index (χ3n) is 4.84. The van der Waals surface area contributed by atoms with Crippen molar-refractivity contribution in [3.05, 3.63) is 29.1 Å². The average molecular weight is 322 g/mol. The molecule has 1 amide bonds. The lowest BCUT2D eigenvalue weighted by molar-refractivity contribution is 0.0557. The minimum atomic E-state index is -2.94. The molecule has 1 aromatic heterocycles. The smallest absolute Gasteiger partial charge is 0.272 e. The van der Waals surface area contributed by atoms with Crippen molar-refractivity contribution < 1.29 is 13.2 Å². The van der Waals surface area contributed by atoms with Crippen LogP contribution in [0.25, 0.3) is 0 Å². The number of rotatable bonds is 1. The Hall–Kier alpha value is -1.43. The molecular formula is C16H22N2O3S. The van der Waals surface area contributed by atoms with E-state index in [9.17, 15) is 13.2 Å². The molecule has 0 aromatic carbocycles. The van der Waals surface area contributed by atoms with Crippen LogP contribution in [-0.2, 0) is 9.84 Å². The second-order valence-electron chi connectivity index (χ2n) is 6.85. The first-order valence-electron chi connectivity index (χ1n) is 7.73. The largest absolute Gasteiger partial charge is 0.337 e. The van der Waals surface area contributed by atoms with Crippen LogP contribution in [0.4, 0.5) is 0 Å². The molecule has 1 unspecified atom stereocenters. The molecule has 0 aliphatic carbocycles. The Labute approximate surface area is 131 Å². The Morgan fingerprint density at radius 1 is 1.32 bits per heavy atom. The van der Waals surface area contributed by atoms with Gasteiger partial charge in [-0.3, -0.25) is 9.78 Å². The van der Waals surface area contributed by atoms with Gasteiger partial charge in [-0.2, -0.15) is 0 Å². The van der Waals surface area contributed by atoms with Crippen molar-refractivity contribution in [1.82, 2.24) is 9.88 Å². The summed E-state index contributed by atoms with van der Waals surface area (Å²) in [4.78, 5) is 18.8. The molecule has 5 nitrogen and oxygen atoms in total. The molecule has 0 N–H and O–H groups in total. The summed E-state index contributed by atoms with van der Waals surface area (Å²) in [6.07, 6.45) is 4.15.